The lowest BCUT2D eigenvalue weighted by Crippen LogP contribution is -2.51. The highest BCUT2D eigenvalue weighted by molar-refractivity contribution is 5.94. The molecule has 0 atom stereocenters. The predicted molar refractivity (Wildman–Crippen MR) is 98.9 cm³/mol. The largest absolute Gasteiger partial charge is 0.339 e. The van der Waals surface area contributed by atoms with Crippen LogP contribution in [0.4, 0.5) is 0 Å². The summed E-state index contributed by atoms with van der Waals surface area (Å²) in [5.74, 6) is 0.164. The molecule has 1 aromatic heterocycles. The van der Waals surface area contributed by atoms with Gasteiger partial charge in [0, 0.05) is 44.1 Å². The van der Waals surface area contributed by atoms with Crippen molar-refractivity contribution in [2.45, 2.75) is 25.7 Å². The zero-order chi connectivity index (χ0) is 17.9. The Kier molecular flexibility index (Phi) is 4.69. The Balaban J connectivity index is 1.33. The van der Waals surface area contributed by atoms with E-state index in [4.69, 9.17) is 0 Å². The summed E-state index contributed by atoms with van der Waals surface area (Å²) >= 11 is 0. The number of carbonyl (C=O) groups excluding carboxylic acids is 2. The summed E-state index contributed by atoms with van der Waals surface area (Å²) in [6.45, 7) is 2.36. The zero-order valence-corrected chi connectivity index (χ0v) is 14.9. The number of nitrogens with zero attached hydrogens (tertiary/aromatic N) is 3. The predicted octanol–water partition coefficient (Wildman–Crippen LogP) is 2.10. The molecule has 1 aliphatic carbocycles. The average Bonchev–Trinajstić information content (AvgIpc) is 3.16. The first kappa shape index (κ1) is 16.8. The minimum absolute atomic E-state index is 0.0121. The molecule has 134 valence electrons. The third kappa shape index (κ3) is 3.47. The van der Waals surface area contributed by atoms with Crippen LogP contribution < -0.4 is 0 Å². The molecule has 0 N–H and O–H groups in total. The molecule has 1 aliphatic heterocycles. The number of carbonyl (C=O) groups is 2. The fraction of sp³-hybridized carbons (Fsp3) is 0.381. The van der Waals surface area contributed by atoms with Gasteiger partial charge >= 0.3 is 0 Å². The smallest absolute Gasteiger partial charge is 0.254 e. The first-order valence-corrected chi connectivity index (χ1v) is 9.28. The number of piperazine rings is 1. The van der Waals surface area contributed by atoms with Gasteiger partial charge in [0.05, 0.1) is 6.42 Å². The second-order valence-electron chi connectivity index (χ2n) is 7.04. The Morgan fingerprint density at radius 3 is 2.35 bits per heavy atom. The van der Waals surface area contributed by atoms with Crippen LogP contribution in [0.25, 0.3) is 0 Å². The Morgan fingerprint density at radius 1 is 0.885 bits per heavy atom. The molecule has 5 heteroatoms. The summed E-state index contributed by atoms with van der Waals surface area (Å²) in [5.41, 5.74) is 4.59. The molecule has 0 radical (unpaired) electrons. The van der Waals surface area contributed by atoms with Gasteiger partial charge in [-0.05, 0) is 48.1 Å². The average molecular weight is 349 g/mol. The standard InChI is InChI=1S/C21H23N3O2/c25-20(15-16-4-5-17-2-1-3-19(17)14-16)23-10-12-24(13-11-23)21(26)18-6-8-22-9-7-18/h4-9,14H,1-3,10-13,15H2. The molecule has 0 bridgehead atoms. The van der Waals surface area contributed by atoms with Crippen molar-refractivity contribution in [3.05, 3.63) is 65.0 Å². The van der Waals surface area contributed by atoms with Crippen LogP contribution >= 0.6 is 0 Å². The van der Waals surface area contributed by atoms with E-state index in [0.29, 0.717) is 38.2 Å². The van der Waals surface area contributed by atoms with Crippen LogP contribution in [0, 0.1) is 0 Å². The molecule has 0 spiro atoms. The highest BCUT2D eigenvalue weighted by Crippen LogP contribution is 2.23. The zero-order valence-electron chi connectivity index (χ0n) is 14.9. The van der Waals surface area contributed by atoms with Crippen LogP contribution in [-0.4, -0.2) is 52.8 Å². The number of benzene rings is 1. The molecular formula is C21H23N3O2. The van der Waals surface area contributed by atoms with Gasteiger partial charge < -0.3 is 9.80 Å². The van der Waals surface area contributed by atoms with Crippen molar-refractivity contribution in [1.29, 1.82) is 0 Å². The van der Waals surface area contributed by atoms with Crippen LogP contribution in [0.2, 0.25) is 0 Å². The Labute approximate surface area is 153 Å². The van der Waals surface area contributed by atoms with Gasteiger partial charge in [-0.1, -0.05) is 18.2 Å². The van der Waals surface area contributed by atoms with Gasteiger partial charge in [0.2, 0.25) is 5.91 Å². The van der Waals surface area contributed by atoms with E-state index in [9.17, 15) is 9.59 Å². The number of hydrogen-bond acceptors (Lipinski definition) is 3. The van der Waals surface area contributed by atoms with Crippen molar-refractivity contribution in [2.75, 3.05) is 26.2 Å². The minimum atomic E-state index is 0.0121. The third-order valence-electron chi connectivity index (χ3n) is 5.37. The Bertz CT molecular complexity index is 811. The third-order valence-corrected chi connectivity index (χ3v) is 5.37. The number of fused-ring (bicyclic) bond motifs is 1. The summed E-state index contributed by atoms with van der Waals surface area (Å²) in [7, 11) is 0. The lowest BCUT2D eigenvalue weighted by Gasteiger charge is -2.35. The van der Waals surface area contributed by atoms with Crippen LogP contribution in [0.1, 0.15) is 33.5 Å². The van der Waals surface area contributed by atoms with E-state index in [0.717, 1.165) is 18.4 Å². The van der Waals surface area contributed by atoms with Gasteiger partial charge in [0.15, 0.2) is 0 Å². The normalized spacial score (nSPS) is 16.5. The molecule has 2 heterocycles. The number of aryl methyl sites for hydroxylation is 2. The van der Waals surface area contributed by atoms with Gasteiger partial charge in [0.25, 0.3) is 5.91 Å². The van der Waals surface area contributed by atoms with Gasteiger partial charge in [-0.3, -0.25) is 14.6 Å². The van der Waals surface area contributed by atoms with Crippen LogP contribution in [0.5, 0.6) is 0 Å². The molecule has 4 rings (SSSR count). The summed E-state index contributed by atoms with van der Waals surface area (Å²) in [6, 6.07) is 9.92. The van der Waals surface area contributed by atoms with Crippen molar-refractivity contribution in [1.82, 2.24) is 14.8 Å². The lowest BCUT2D eigenvalue weighted by atomic mass is 10.0. The molecule has 26 heavy (non-hydrogen) atoms. The van der Waals surface area contributed by atoms with E-state index in [1.54, 1.807) is 24.5 Å². The maximum atomic E-state index is 12.6. The number of hydrogen-bond donors (Lipinski definition) is 0. The fourth-order valence-corrected chi connectivity index (χ4v) is 3.86. The molecule has 2 aromatic rings. The molecule has 2 aliphatic rings. The molecule has 0 unspecified atom stereocenters. The van der Waals surface area contributed by atoms with Crippen LogP contribution in [0.15, 0.2) is 42.7 Å². The molecule has 0 saturated carbocycles. The quantitative estimate of drug-likeness (QED) is 0.853. The number of pyridine rings is 1. The van der Waals surface area contributed by atoms with E-state index in [1.165, 1.54) is 17.5 Å². The molecular weight excluding hydrogens is 326 g/mol. The van der Waals surface area contributed by atoms with Crippen molar-refractivity contribution in [2.24, 2.45) is 0 Å². The summed E-state index contributed by atoms with van der Waals surface area (Å²) in [4.78, 5) is 32.7. The van der Waals surface area contributed by atoms with Gasteiger partial charge in [-0.2, -0.15) is 0 Å². The molecule has 2 amide bonds. The van der Waals surface area contributed by atoms with E-state index in [1.807, 2.05) is 9.80 Å². The van der Waals surface area contributed by atoms with E-state index in [-0.39, 0.29) is 11.8 Å². The molecule has 1 saturated heterocycles. The number of amides is 2. The first-order chi connectivity index (χ1) is 12.7. The number of aromatic nitrogens is 1. The van der Waals surface area contributed by atoms with Crippen molar-refractivity contribution < 1.29 is 9.59 Å². The van der Waals surface area contributed by atoms with E-state index >= 15 is 0 Å². The van der Waals surface area contributed by atoms with Gasteiger partial charge in [0.1, 0.15) is 0 Å². The second-order valence-corrected chi connectivity index (χ2v) is 7.04. The first-order valence-electron chi connectivity index (χ1n) is 9.28. The molecule has 5 nitrogen and oxygen atoms in total. The van der Waals surface area contributed by atoms with E-state index in [2.05, 4.69) is 23.2 Å². The molecule has 1 aromatic carbocycles. The SMILES string of the molecule is O=C(Cc1ccc2c(c1)CCC2)N1CCN(C(=O)c2ccncc2)CC1. The number of rotatable bonds is 3. The highest BCUT2D eigenvalue weighted by atomic mass is 16.2. The van der Waals surface area contributed by atoms with Crippen LogP contribution in [0.3, 0.4) is 0 Å². The van der Waals surface area contributed by atoms with Gasteiger partial charge in [-0.15, -0.1) is 0 Å². The Hall–Kier alpha value is -2.69. The lowest BCUT2D eigenvalue weighted by molar-refractivity contribution is -0.131. The minimum Gasteiger partial charge on any atom is -0.339 e. The second kappa shape index (κ2) is 7.28. The van der Waals surface area contributed by atoms with Crippen molar-refractivity contribution >= 4 is 11.8 Å². The maximum Gasteiger partial charge on any atom is 0.254 e. The summed E-state index contributed by atoms with van der Waals surface area (Å²) in [5, 5.41) is 0. The van der Waals surface area contributed by atoms with Gasteiger partial charge in [-0.25, -0.2) is 0 Å². The van der Waals surface area contributed by atoms with Crippen LogP contribution in [-0.2, 0) is 24.1 Å². The Morgan fingerprint density at radius 2 is 1.58 bits per heavy atom. The van der Waals surface area contributed by atoms with E-state index < -0.39 is 0 Å². The highest BCUT2D eigenvalue weighted by Gasteiger charge is 2.25. The summed E-state index contributed by atoms with van der Waals surface area (Å²) < 4.78 is 0. The monoisotopic (exact) mass is 349 g/mol. The van der Waals surface area contributed by atoms with Crippen molar-refractivity contribution in [3.63, 3.8) is 0 Å². The van der Waals surface area contributed by atoms with Crippen molar-refractivity contribution in [3.8, 4) is 0 Å². The topological polar surface area (TPSA) is 53.5 Å². The maximum absolute atomic E-state index is 12.6. The summed E-state index contributed by atoms with van der Waals surface area (Å²) in [6.07, 6.45) is 7.23. The fourth-order valence-electron chi connectivity index (χ4n) is 3.86. The molecule has 1 fully saturated rings.